The van der Waals surface area contributed by atoms with Gasteiger partial charge in [-0.3, -0.25) is 4.79 Å². The number of hydrogen-bond acceptors (Lipinski definition) is 6. The number of benzene rings is 2. The SMILES string of the molecule is Cc1cccc(C)c1-c1cc2nc(n1)NS(=O)(=O)c1cccc(c1)C(=O)N[C@H]1CC[C@H](CC1)O2. The molecule has 1 aliphatic carbocycles. The van der Waals surface area contributed by atoms with Crippen LogP contribution in [0.3, 0.4) is 0 Å². The Kier molecular flexibility index (Phi) is 5.73. The summed E-state index contributed by atoms with van der Waals surface area (Å²) in [6, 6.07) is 13.7. The summed E-state index contributed by atoms with van der Waals surface area (Å²) in [4.78, 5) is 21.6. The number of carbonyl (C=O) groups excluding carboxylic acids is 1. The molecule has 9 heteroatoms. The molecule has 0 unspecified atom stereocenters. The van der Waals surface area contributed by atoms with Crippen LogP contribution in [0.25, 0.3) is 11.3 Å². The molecule has 34 heavy (non-hydrogen) atoms. The Morgan fingerprint density at radius 3 is 2.38 bits per heavy atom. The zero-order valence-corrected chi connectivity index (χ0v) is 19.9. The first-order chi connectivity index (χ1) is 16.3. The molecule has 1 saturated carbocycles. The zero-order chi connectivity index (χ0) is 23.9. The lowest BCUT2D eigenvalue weighted by atomic mass is 9.92. The molecular weight excluding hydrogens is 452 g/mol. The summed E-state index contributed by atoms with van der Waals surface area (Å²) in [5, 5.41) is 3.02. The average molecular weight is 479 g/mol. The number of aromatic nitrogens is 2. The highest BCUT2D eigenvalue weighted by Gasteiger charge is 2.27. The predicted molar refractivity (Wildman–Crippen MR) is 128 cm³/mol. The van der Waals surface area contributed by atoms with E-state index in [0.29, 0.717) is 17.1 Å². The Bertz CT molecular complexity index is 1340. The Labute approximate surface area is 198 Å². The highest BCUT2D eigenvalue weighted by atomic mass is 32.2. The van der Waals surface area contributed by atoms with Gasteiger partial charge in [0.2, 0.25) is 11.8 Å². The van der Waals surface area contributed by atoms with Crippen LogP contribution in [0.2, 0.25) is 0 Å². The van der Waals surface area contributed by atoms with E-state index in [1.54, 1.807) is 18.2 Å². The van der Waals surface area contributed by atoms with Gasteiger partial charge in [0.15, 0.2) is 0 Å². The second-order valence-corrected chi connectivity index (χ2v) is 10.6. The van der Waals surface area contributed by atoms with Crippen molar-refractivity contribution in [2.45, 2.75) is 56.6 Å². The van der Waals surface area contributed by atoms with E-state index >= 15 is 0 Å². The van der Waals surface area contributed by atoms with Gasteiger partial charge >= 0.3 is 0 Å². The van der Waals surface area contributed by atoms with E-state index < -0.39 is 10.0 Å². The van der Waals surface area contributed by atoms with Crippen LogP contribution in [-0.2, 0) is 10.0 Å². The van der Waals surface area contributed by atoms with Crippen molar-refractivity contribution in [1.82, 2.24) is 15.3 Å². The number of carbonyl (C=O) groups is 1. The number of hydrogen-bond donors (Lipinski definition) is 2. The molecule has 0 saturated heterocycles. The monoisotopic (exact) mass is 478 g/mol. The molecule has 3 aliphatic rings. The van der Waals surface area contributed by atoms with Crippen molar-refractivity contribution in [3.63, 3.8) is 0 Å². The van der Waals surface area contributed by atoms with Gasteiger partial charge in [-0.05, 0) is 68.9 Å². The number of ether oxygens (including phenoxy) is 1. The summed E-state index contributed by atoms with van der Waals surface area (Å²) in [5.74, 6) is -0.0413. The van der Waals surface area contributed by atoms with Crippen molar-refractivity contribution in [2.24, 2.45) is 0 Å². The summed E-state index contributed by atoms with van der Waals surface area (Å²) in [7, 11) is -4.04. The van der Waals surface area contributed by atoms with E-state index in [-0.39, 0.29) is 28.9 Å². The molecule has 1 fully saturated rings. The normalized spacial score (nSPS) is 21.4. The molecule has 1 amide bonds. The molecule has 2 aliphatic heterocycles. The van der Waals surface area contributed by atoms with Crippen molar-refractivity contribution >= 4 is 21.9 Å². The van der Waals surface area contributed by atoms with Crippen molar-refractivity contribution in [1.29, 1.82) is 0 Å². The molecular formula is C25H26N4O4S. The fourth-order valence-corrected chi connectivity index (χ4v) is 5.61. The smallest absolute Gasteiger partial charge is 0.264 e. The maximum absolute atomic E-state index is 13.2. The first-order valence-electron chi connectivity index (χ1n) is 11.3. The molecule has 8 nitrogen and oxygen atoms in total. The number of sulfonamides is 1. The van der Waals surface area contributed by atoms with Gasteiger partial charge in [0.1, 0.15) is 6.10 Å². The van der Waals surface area contributed by atoms with Crippen LogP contribution in [-0.4, -0.2) is 36.4 Å². The second-order valence-electron chi connectivity index (χ2n) is 8.88. The average Bonchev–Trinajstić information content (AvgIpc) is 2.79. The molecule has 2 N–H and O–H groups in total. The second kappa shape index (κ2) is 8.72. The Morgan fingerprint density at radius 1 is 0.941 bits per heavy atom. The van der Waals surface area contributed by atoms with Crippen LogP contribution in [0.15, 0.2) is 53.4 Å². The van der Waals surface area contributed by atoms with Gasteiger partial charge in [-0.15, -0.1) is 0 Å². The third kappa shape index (κ3) is 4.48. The zero-order valence-electron chi connectivity index (χ0n) is 19.0. The highest BCUT2D eigenvalue weighted by Crippen LogP contribution is 2.31. The van der Waals surface area contributed by atoms with Crippen molar-refractivity contribution in [2.75, 3.05) is 4.72 Å². The number of aryl methyl sites for hydroxylation is 2. The van der Waals surface area contributed by atoms with Gasteiger partial charge in [-0.25, -0.2) is 18.1 Å². The molecule has 3 heterocycles. The predicted octanol–water partition coefficient (Wildman–Crippen LogP) is 3.99. The lowest BCUT2D eigenvalue weighted by Crippen LogP contribution is -2.39. The number of nitrogens with one attached hydrogen (secondary N) is 2. The number of fused-ring (bicyclic) bond motifs is 4. The molecule has 0 spiro atoms. The number of rotatable bonds is 1. The van der Waals surface area contributed by atoms with E-state index in [9.17, 15) is 13.2 Å². The third-order valence-electron chi connectivity index (χ3n) is 6.37. The molecule has 2 aromatic carbocycles. The Hall–Kier alpha value is -3.46. The third-order valence-corrected chi connectivity index (χ3v) is 7.69. The molecule has 1 aromatic heterocycles. The fraction of sp³-hybridized carbons (Fsp3) is 0.320. The van der Waals surface area contributed by atoms with Gasteiger partial charge in [0.25, 0.3) is 15.9 Å². The van der Waals surface area contributed by atoms with Gasteiger partial charge in [-0.1, -0.05) is 24.3 Å². The lowest BCUT2D eigenvalue weighted by Gasteiger charge is -2.29. The van der Waals surface area contributed by atoms with E-state index in [2.05, 4.69) is 20.0 Å². The van der Waals surface area contributed by atoms with Gasteiger partial charge < -0.3 is 10.1 Å². The van der Waals surface area contributed by atoms with Crippen LogP contribution in [0.5, 0.6) is 5.88 Å². The van der Waals surface area contributed by atoms with E-state index in [1.165, 1.54) is 12.1 Å². The van der Waals surface area contributed by atoms with Crippen LogP contribution in [0.1, 0.15) is 47.2 Å². The fourth-order valence-electron chi connectivity index (χ4n) is 4.63. The first kappa shape index (κ1) is 22.3. The maximum Gasteiger partial charge on any atom is 0.264 e. The van der Waals surface area contributed by atoms with Crippen LogP contribution >= 0.6 is 0 Å². The van der Waals surface area contributed by atoms with Gasteiger partial charge in [-0.2, -0.15) is 4.98 Å². The minimum absolute atomic E-state index is 0.0157. The highest BCUT2D eigenvalue weighted by molar-refractivity contribution is 7.92. The summed E-state index contributed by atoms with van der Waals surface area (Å²) in [6.45, 7) is 3.97. The molecule has 0 radical (unpaired) electrons. The van der Waals surface area contributed by atoms with Gasteiger partial charge in [0.05, 0.1) is 10.6 Å². The minimum atomic E-state index is -4.04. The molecule has 0 atom stereocenters. The molecule has 6 bridgehead atoms. The van der Waals surface area contributed by atoms with Crippen LogP contribution in [0.4, 0.5) is 5.95 Å². The van der Waals surface area contributed by atoms with Crippen LogP contribution in [0, 0.1) is 13.8 Å². The quantitative estimate of drug-likeness (QED) is 0.547. The number of amides is 1. The standard InChI is InChI=1S/C25H26N4O4S/c1-15-5-3-6-16(2)23(15)21-14-22-28-25(27-21)29-34(31,32)20-8-4-7-17(13-20)24(30)26-18-9-11-19(33-22)12-10-18/h3-8,13-14,18-19H,9-12H2,1-2H3,(H,26,30)(H,27,28,29)/t18-,19+. The topological polar surface area (TPSA) is 110 Å². The largest absolute Gasteiger partial charge is 0.474 e. The van der Waals surface area contributed by atoms with E-state index in [1.807, 2.05) is 32.0 Å². The van der Waals surface area contributed by atoms with Crippen LogP contribution < -0.4 is 14.8 Å². The summed E-state index contributed by atoms with van der Waals surface area (Å²) >= 11 is 0. The molecule has 3 aromatic rings. The first-order valence-corrected chi connectivity index (χ1v) is 12.8. The minimum Gasteiger partial charge on any atom is -0.474 e. The summed E-state index contributed by atoms with van der Waals surface area (Å²) in [6.07, 6.45) is 2.98. The lowest BCUT2D eigenvalue weighted by molar-refractivity contribution is 0.0890. The maximum atomic E-state index is 13.2. The summed E-state index contributed by atoms with van der Waals surface area (Å²) in [5.41, 5.74) is 3.82. The molecule has 176 valence electrons. The van der Waals surface area contributed by atoms with Crippen molar-refractivity contribution in [3.8, 4) is 17.1 Å². The Morgan fingerprint density at radius 2 is 1.65 bits per heavy atom. The van der Waals surface area contributed by atoms with Crippen molar-refractivity contribution < 1.29 is 17.9 Å². The van der Waals surface area contributed by atoms with E-state index in [0.717, 1.165) is 42.4 Å². The number of nitrogens with zero attached hydrogens (tertiary/aromatic N) is 2. The van der Waals surface area contributed by atoms with Gasteiger partial charge in [0, 0.05) is 23.2 Å². The number of anilines is 1. The summed E-state index contributed by atoms with van der Waals surface area (Å²) < 4.78 is 35.0. The van der Waals surface area contributed by atoms with Crippen molar-refractivity contribution in [3.05, 3.63) is 65.2 Å². The molecule has 6 rings (SSSR count). The Balaban J connectivity index is 1.64. The van der Waals surface area contributed by atoms with E-state index in [4.69, 9.17) is 4.74 Å².